The first-order valence-corrected chi connectivity index (χ1v) is 11.4. The Hall–Kier alpha value is -3.55. The molecule has 0 aliphatic heterocycles. The minimum Gasteiger partial charge on any atom is -0.397 e. The van der Waals surface area contributed by atoms with E-state index in [1.807, 2.05) is 60.0 Å². The van der Waals surface area contributed by atoms with Crippen molar-refractivity contribution in [1.29, 1.82) is 0 Å². The molecule has 0 atom stereocenters. The Balaban J connectivity index is 1.60. The second-order valence-corrected chi connectivity index (χ2v) is 8.91. The molecular formula is C24H18N4OS2. The maximum Gasteiger partial charge on any atom is 0.263 e. The summed E-state index contributed by atoms with van der Waals surface area (Å²) in [4.78, 5) is 24.2. The van der Waals surface area contributed by atoms with Crippen LogP contribution < -0.4 is 11.1 Å². The number of carbonyl (C=O) groups is 1. The van der Waals surface area contributed by atoms with Gasteiger partial charge in [0.2, 0.25) is 0 Å². The monoisotopic (exact) mass is 442 g/mol. The first-order valence-electron chi connectivity index (χ1n) is 9.70. The van der Waals surface area contributed by atoms with Crippen molar-refractivity contribution in [1.82, 2.24) is 15.3 Å². The molecule has 31 heavy (non-hydrogen) atoms. The Bertz CT molecular complexity index is 1350. The number of aromatic nitrogens is 2. The largest absolute Gasteiger partial charge is 0.397 e. The molecule has 3 N–H and O–H groups in total. The number of rotatable bonds is 5. The van der Waals surface area contributed by atoms with Gasteiger partial charge in [-0.3, -0.25) is 9.78 Å². The van der Waals surface area contributed by atoms with Crippen LogP contribution >= 0.6 is 22.7 Å². The van der Waals surface area contributed by atoms with Crippen LogP contribution in [0.3, 0.4) is 0 Å². The fraction of sp³-hybridized carbons (Fsp3) is 0.0417. The molecular weight excluding hydrogens is 424 g/mol. The van der Waals surface area contributed by atoms with Crippen LogP contribution in [0.1, 0.15) is 15.2 Å². The van der Waals surface area contributed by atoms with Gasteiger partial charge in [0.15, 0.2) is 0 Å². The molecule has 0 unspecified atom stereocenters. The van der Waals surface area contributed by atoms with Crippen molar-refractivity contribution in [2.45, 2.75) is 6.54 Å². The van der Waals surface area contributed by atoms with E-state index in [0.29, 0.717) is 17.1 Å². The van der Waals surface area contributed by atoms with Gasteiger partial charge in [-0.05, 0) is 40.3 Å². The molecule has 0 spiro atoms. The van der Waals surface area contributed by atoms with Crippen LogP contribution in [-0.2, 0) is 6.54 Å². The zero-order valence-corrected chi connectivity index (χ0v) is 18.0. The van der Waals surface area contributed by atoms with E-state index in [9.17, 15) is 4.79 Å². The highest BCUT2D eigenvalue weighted by Gasteiger charge is 2.21. The highest BCUT2D eigenvalue weighted by Crippen LogP contribution is 2.41. The quantitative estimate of drug-likeness (QED) is 0.371. The number of hydrogen-bond donors (Lipinski definition) is 2. The van der Waals surface area contributed by atoms with Crippen LogP contribution in [0.5, 0.6) is 0 Å². The summed E-state index contributed by atoms with van der Waals surface area (Å²) in [6, 6.07) is 20.0. The van der Waals surface area contributed by atoms with E-state index in [4.69, 9.17) is 10.7 Å². The van der Waals surface area contributed by atoms with E-state index in [1.54, 1.807) is 23.7 Å². The number of amides is 1. The number of carbonyl (C=O) groups excluding carboxylic acids is 1. The number of benzene rings is 1. The molecule has 5 rings (SSSR count). The molecule has 152 valence electrons. The molecule has 5 nitrogen and oxygen atoms in total. The van der Waals surface area contributed by atoms with E-state index in [1.165, 1.54) is 11.3 Å². The number of fused-ring (bicyclic) bond motifs is 1. The number of hydrogen-bond acceptors (Lipinski definition) is 6. The Kier molecular flexibility index (Phi) is 5.19. The summed E-state index contributed by atoms with van der Waals surface area (Å²) in [5.74, 6) is -0.207. The lowest BCUT2D eigenvalue weighted by Gasteiger charge is -2.08. The third kappa shape index (κ3) is 3.81. The standard InChI is InChI=1S/C24H18N4OS2/c25-21-20-17(16-7-2-1-3-8-16)12-18(19-9-5-11-30-19)28-24(20)31-22(21)23(29)27-14-15-6-4-10-26-13-15/h1-13H,14,25H2,(H,27,29). The van der Waals surface area contributed by atoms with Crippen molar-refractivity contribution in [2.75, 3.05) is 5.73 Å². The fourth-order valence-electron chi connectivity index (χ4n) is 3.45. The molecule has 0 fully saturated rings. The highest BCUT2D eigenvalue weighted by molar-refractivity contribution is 7.21. The molecule has 0 bridgehead atoms. The first kappa shape index (κ1) is 19.4. The predicted molar refractivity (Wildman–Crippen MR) is 128 cm³/mol. The summed E-state index contributed by atoms with van der Waals surface area (Å²) in [6.07, 6.45) is 3.44. The Morgan fingerprint density at radius 2 is 1.94 bits per heavy atom. The number of anilines is 1. The normalized spacial score (nSPS) is 11.0. The van der Waals surface area contributed by atoms with Gasteiger partial charge in [-0.1, -0.05) is 42.5 Å². The molecule has 4 aromatic heterocycles. The summed E-state index contributed by atoms with van der Waals surface area (Å²) < 4.78 is 0. The summed E-state index contributed by atoms with van der Waals surface area (Å²) in [7, 11) is 0. The molecule has 1 aromatic carbocycles. The lowest BCUT2D eigenvalue weighted by atomic mass is 10.0. The van der Waals surface area contributed by atoms with Crippen LogP contribution in [0, 0.1) is 0 Å². The second-order valence-electron chi connectivity index (χ2n) is 6.97. The highest BCUT2D eigenvalue weighted by atomic mass is 32.1. The van der Waals surface area contributed by atoms with Gasteiger partial charge in [0, 0.05) is 24.3 Å². The summed E-state index contributed by atoms with van der Waals surface area (Å²) >= 11 is 2.97. The summed E-state index contributed by atoms with van der Waals surface area (Å²) in [5, 5.41) is 5.80. The second kappa shape index (κ2) is 8.29. The van der Waals surface area contributed by atoms with Crippen LogP contribution in [0.25, 0.3) is 31.9 Å². The van der Waals surface area contributed by atoms with Gasteiger partial charge < -0.3 is 11.1 Å². The molecule has 7 heteroatoms. The Labute approximate surface area is 187 Å². The SMILES string of the molecule is Nc1c(C(=O)NCc2cccnc2)sc2nc(-c3cccs3)cc(-c3ccccc3)c12. The van der Waals surface area contributed by atoms with E-state index < -0.39 is 0 Å². The van der Waals surface area contributed by atoms with Gasteiger partial charge in [-0.2, -0.15) is 0 Å². The van der Waals surface area contributed by atoms with Crippen LogP contribution in [0.15, 0.2) is 78.4 Å². The third-order valence-corrected chi connectivity index (χ3v) is 6.93. The lowest BCUT2D eigenvalue weighted by Crippen LogP contribution is -2.22. The van der Waals surface area contributed by atoms with E-state index in [0.717, 1.165) is 37.5 Å². The zero-order chi connectivity index (χ0) is 21.2. The Morgan fingerprint density at radius 3 is 2.68 bits per heavy atom. The molecule has 0 aliphatic rings. The Morgan fingerprint density at radius 1 is 1.06 bits per heavy atom. The predicted octanol–water partition coefficient (Wildman–Crippen LogP) is 5.60. The van der Waals surface area contributed by atoms with Crippen molar-refractivity contribution in [3.63, 3.8) is 0 Å². The van der Waals surface area contributed by atoms with Crippen molar-refractivity contribution in [2.24, 2.45) is 0 Å². The van der Waals surface area contributed by atoms with Crippen molar-refractivity contribution < 1.29 is 4.79 Å². The van der Waals surface area contributed by atoms with E-state index in [-0.39, 0.29) is 5.91 Å². The number of nitrogens with two attached hydrogens (primary N) is 1. The molecule has 4 heterocycles. The van der Waals surface area contributed by atoms with Crippen molar-refractivity contribution >= 4 is 44.5 Å². The molecule has 0 radical (unpaired) electrons. The molecule has 0 saturated heterocycles. The minimum absolute atomic E-state index is 0.207. The fourth-order valence-corrected chi connectivity index (χ4v) is 5.17. The van der Waals surface area contributed by atoms with Gasteiger partial charge >= 0.3 is 0 Å². The number of nitrogens with zero attached hydrogens (tertiary/aromatic N) is 2. The number of nitrogen functional groups attached to an aromatic ring is 1. The van der Waals surface area contributed by atoms with Gasteiger partial charge in [-0.15, -0.1) is 22.7 Å². The number of pyridine rings is 2. The molecule has 5 aromatic rings. The van der Waals surface area contributed by atoms with Gasteiger partial charge in [0.25, 0.3) is 5.91 Å². The van der Waals surface area contributed by atoms with Crippen molar-refractivity contribution in [3.05, 3.63) is 88.9 Å². The smallest absolute Gasteiger partial charge is 0.263 e. The van der Waals surface area contributed by atoms with Crippen LogP contribution in [0.4, 0.5) is 5.69 Å². The number of thiophene rings is 2. The third-order valence-electron chi connectivity index (χ3n) is 4.94. The summed E-state index contributed by atoms with van der Waals surface area (Å²) in [5.41, 5.74) is 10.8. The molecule has 1 amide bonds. The topological polar surface area (TPSA) is 80.9 Å². The van der Waals surface area contributed by atoms with Gasteiger partial charge in [0.1, 0.15) is 9.71 Å². The van der Waals surface area contributed by atoms with Crippen molar-refractivity contribution in [3.8, 4) is 21.7 Å². The van der Waals surface area contributed by atoms with Gasteiger partial charge in [0.05, 0.1) is 16.3 Å². The average Bonchev–Trinajstić information content (AvgIpc) is 3.47. The number of nitrogens with one attached hydrogen (secondary N) is 1. The zero-order valence-electron chi connectivity index (χ0n) is 16.4. The van der Waals surface area contributed by atoms with E-state index in [2.05, 4.69) is 16.4 Å². The van der Waals surface area contributed by atoms with Gasteiger partial charge in [-0.25, -0.2) is 4.98 Å². The maximum atomic E-state index is 12.9. The lowest BCUT2D eigenvalue weighted by molar-refractivity contribution is 0.0956. The summed E-state index contributed by atoms with van der Waals surface area (Å²) in [6.45, 7) is 0.389. The minimum atomic E-state index is -0.207. The van der Waals surface area contributed by atoms with Crippen LogP contribution in [-0.4, -0.2) is 15.9 Å². The molecule has 0 aliphatic carbocycles. The maximum absolute atomic E-state index is 12.9. The molecule has 0 saturated carbocycles. The average molecular weight is 443 g/mol. The first-order chi connectivity index (χ1) is 15.2. The van der Waals surface area contributed by atoms with E-state index >= 15 is 0 Å². The van der Waals surface area contributed by atoms with Crippen LogP contribution in [0.2, 0.25) is 0 Å².